The van der Waals surface area contributed by atoms with Crippen molar-refractivity contribution in [3.05, 3.63) is 101 Å². The highest BCUT2D eigenvalue weighted by atomic mass is 35.5. The smallest absolute Gasteiger partial charge is 0.224 e. The van der Waals surface area contributed by atoms with Gasteiger partial charge in [-0.1, -0.05) is 30.7 Å². The number of ether oxygens (including phenoxy) is 1. The molecule has 0 spiro atoms. The number of amides is 1. The standard InChI is InChI=1S/C30H30ClN5O2S/c1-5-27(37)33-24-13-12-22(17-26(24)38-4)36-29(28(34-30(36)39)25-11-6-7-14-32-25)23-15-18(2)35(19(23)3)21-10-8-9-20(31)16-21/h6-17,28-29H,5H2,1-4H3,(H,33,37)(H,34,39)/t28-,29-/m1/s1. The van der Waals surface area contributed by atoms with E-state index in [4.69, 9.17) is 28.6 Å². The lowest BCUT2D eigenvalue weighted by Gasteiger charge is -2.29. The van der Waals surface area contributed by atoms with Crippen LogP contribution < -0.4 is 20.3 Å². The molecule has 0 saturated carbocycles. The molecule has 0 unspecified atom stereocenters. The van der Waals surface area contributed by atoms with E-state index in [1.807, 2.05) is 61.5 Å². The van der Waals surface area contributed by atoms with Crippen molar-refractivity contribution in [2.45, 2.75) is 39.3 Å². The summed E-state index contributed by atoms with van der Waals surface area (Å²) in [6.07, 6.45) is 2.17. The summed E-state index contributed by atoms with van der Waals surface area (Å²) in [6.45, 7) is 6.02. The van der Waals surface area contributed by atoms with Gasteiger partial charge < -0.3 is 24.8 Å². The van der Waals surface area contributed by atoms with Crippen molar-refractivity contribution in [1.29, 1.82) is 0 Å². The molecule has 39 heavy (non-hydrogen) atoms. The second-order valence-electron chi connectivity index (χ2n) is 9.42. The number of carbonyl (C=O) groups excluding carboxylic acids is 1. The Morgan fingerprint density at radius 3 is 2.62 bits per heavy atom. The average Bonchev–Trinajstić information content (AvgIpc) is 3.43. The number of hydrogen-bond donors (Lipinski definition) is 2. The van der Waals surface area contributed by atoms with E-state index < -0.39 is 0 Å². The van der Waals surface area contributed by atoms with Crippen LogP contribution in [-0.4, -0.2) is 27.7 Å². The van der Waals surface area contributed by atoms with Gasteiger partial charge in [0.15, 0.2) is 5.11 Å². The zero-order valence-electron chi connectivity index (χ0n) is 22.2. The van der Waals surface area contributed by atoms with E-state index in [1.165, 1.54) is 0 Å². The van der Waals surface area contributed by atoms with Crippen LogP contribution in [-0.2, 0) is 4.79 Å². The van der Waals surface area contributed by atoms with Gasteiger partial charge in [0.25, 0.3) is 0 Å². The Morgan fingerprint density at radius 2 is 1.92 bits per heavy atom. The Balaban J connectivity index is 1.65. The average molecular weight is 560 g/mol. The molecule has 7 nitrogen and oxygen atoms in total. The number of halogens is 1. The normalized spacial score (nSPS) is 16.7. The molecule has 9 heteroatoms. The molecule has 1 fully saturated rings. The first kappa shape index (κ1) is 26.7. The number of hydrogen-bond acceptors (Lipinski definition) is 4. The van der Waals surface area contributed by atoms with Crippen molar-refractivity contribution in [3.63, 3.8) is 0 Å². The summed E-state index contributed by atoms with van der Waals surface area (Å²) in [4.78, 5) is 18.8. The van der Waals surface area contributed by atoms with Gasteiger partial charge in [-0.25, -0.2) is 0 Å². The van der Waals surface area contributed by atoms with E-state index in [1.54, 1.807) is 13.3 Å². The number of aromatic nitrogens is 2. The van der Waals surface area contributed by atoms with Crippen LogP contribution in [0.3, 0.4) is 0 Å². The van der Waals surface area contributed by atoms with Gasteiger partial charge in [0.1, 0.15) is 5.75 Å². The van der Waals surface area contributed by atoms with Gasteiger partial charge >= 0.3 is 0 Å². The van der Waals surface area contributed by atoms with Crippen molar-refractivity contribution >= 4 is 46.2 Å². The van der Waals surface area contributed by atoms with Gasteiger partial charge in [-0.2, -0.15) is 0 Å². The minimum absolute atomic E-state index is 0.0824. The predicted molar refractivity (Wildman–Crippen MR) is 160 cm³/mol. The van der Waals surface area contributed by atoms with Crippen LogP contribution in [0, 0.1) is 13.8 Å². The first-order valence-electron chi connectivity index (χ1n) is 12.8. The molecule has 1 amide bonds. The Labute approximate surface area is 238 Å². The molecule has 0 radical (unpaired) electrons. The highest BCUT2D eigenvalue weighted by Gasteiger charge is 2.42. The quantitative estimate of drug-likeness (QED) is 0.246. The largest absolute Gasteiger partial charge is 0.494 e. The van der Waals surface area contributed by atoms with E-state index in [0.717, 1.165) is 34.0 Å². The van der Waals surface area contributed by atoms with Crippen molar-refractivity contribution in [2.75, 3.05) is 17.3 Å². The van der Waals surface area contributed by atoms with Crippen LogP contribution in [0.25, 0.3) is 5.69 Å². The summed E-state index contributed by atoms with van der Waals surface area (Å²) in [5.74, 6) is 0.475. The first-order valence-corrected chi connectivity index (χ1v) is 13.5. The van der Waals surface area contributed by atoms with Crippen molar-refractivity contribution in [1.82, 2.24) is 14.9 Å². The number of aryl methyl sites for hydroxylation is 1. The molecule has 2 aromatic heterocycles. The number of nitrogens with one attached hydrogen (secondary N) is 2. The summed E-state index contributed by atoms with van der Waals surface area (Å²) in [5.41, 5.74) is 6.61. The third-order valence-corrected chi connectivity index (χ3v) is 7.56. The summed E-state index contributed by atoms with van der Waals surface area (Å²) in [7, 11) is 1.59. The van der Waals surface area contributed by atoms with E-state index in [9.17, 15) is 4.79 Å². The lowest BCUT2D eigenvalue weighted by molar-refractivity contribution is -0.115. The molecular formula is C30H30ClN5O2S. The van der Waals surface area contributed by atoms with Crippen molar-refractivity contribution in [2.24, 2.45) is 0 Å². The highest BCUT2D eigenvalue weighted by Crippen LogP contribution is 2.45. The van der Waals surface area contributed by atoms with Gasteiger partial charge in [-0.15, -0.1) is 0 Å². The summed E-state index contributed by atoms with van der Waals surface area (Å²) in [6, 6.07) is 21.3. The van der Waals surface area contributed by atoms with Gasteiger partial charge in [0, 0.05) is 46.5 Å². The molecule has 2 aromatic carbocycles. The van der Waals surface area contributed by atoms with Crippen molar-refractivity contribution < 1.29 is 9.53 Å². The zero-order valence-corrected chi connectivity index (χ0v) is 23.8. The molecule has 4 aromatic rings. The second-order valence-corrected chi connectivity index (χ2v) is 10.2. The summed E-state index contributed by atoms with van der Waals surface area (Å²) in [5, 5.41) is 7.69. The lowest BCUT2D eigenvalue weighted by Crippen LogP contribution is -2.29. The SMILES string of the molecule is CCC(=O)Nc1ccc(N2C(=S)N[C@H](c3ccccn3)[C@H]2c2cc(C)n(-c3cccc(Cl)c3)c2C)cc1OC. The van der Waals surface area contributed by atoms with E-state index in [-0.39, 0.29) is 18.0 Å². The fourth-order valence-electron chi connectivity index (χ4n) is 5.22. The molecule has 2 atom stereocenters. The van der Waals surface area contributed by atoms with Crippen LogP contribution in [0.4, 0.5) is 11.4 Å². The fraction of sp³-hybridized carbons (Fsp3) is 0.233. The number of methoxy groups -OCH3 is 1. The third kappa shape index (κ3) is 5.10. The Bertz CT molecular complexity index is 1540. The molecule has 0 bridgehead atoms. The summed E-state index contributed by atoms with van der Waals surface area (Å²) >= 11 is 12.3. The van der Waals surface area contributed by atoms with Gasteiger partial charge in [-0.3, -0.25) is 9.78 Å². The molecular weight excluding hydrogens is 530 g/mol. The van der Waals surface area contributed by atoms with Crippen LogP contribution in [0.5, 0.6) is 5.75 Å². The predicted octanol–water partition coefficient (Wildman–Crippen LogP) is 6.68. The molecule has 2 N–H and O–H groups in total. The zero-order chi connectivity index (χ0) is 27.7. The van der Waals surface area contributed by atoms with E-state index in [2.05, 4.69) is 51.1 Å². The Kier molecular flexibility index (Phi) is 7.59. The van der Waals surface area contributed by atoms with Crippen LogP contribution in [0.1, 0.15) is 48.1 Å². The first-order chi connectivity index (χ1) is 18.8. The number of anilines is 2. The minimum atomic E-state index is -0.202. The maximum absolute atomic E-state index is 12.1. The number of thiocarbonyl (C=S) groups is 1. The minimum Gasteiger partial charge on any atom is -0.494 e. The number of benzene rings is 2. The second kappa shape index (κ2) is 11.1. The molecule has 1 aliphatic heterocycles. The molecule has 3 heterocycles. The monoisotopic (exact) mass is 559 g/mol. The van der Waals surface area contributed by atoms with E-state index in [0.29, 0.717) is 28.0 Å². The van der Waals surface area contributed by atoms with Gasteiger partial charge in [-0.05, 0) is 80.2 Å². The lowest BCUT2D eigenvalue weighted by atomic mass is 9.96. The number of pyridine rings is 1. The van der Waals surface area contributed by atoms with Crippen LogP contribution in [0.15, 0.2) is 72.9 Å². The van der Waals surface area contributed by atoms with Crippen LogP contribution in [0.2, 0.25) is 5.02 Å². The van der Waals surface area contributed by atoms with Crippen LogP contribution >= 0.6 is 23.8 Å². The third-order valence-electron chi connectivity index (χ3n) is 7.01. The van der Waals surface area contributed by atoms with E-state index >= 15 is 0 Å². The summed E-state index contributed by atoms with van der Waals surface area (Å²) < 4.78 is 7.87. The maximum Gasteiger partial charge on any atom is 0.224 e. The number of nitrogens with zero attached hydrogens (tertiary/aromatic N) is 3. The molecule has 5 rings (SSSR count). The maximum atomic E-state index is 12.1. The highest BCUT2D eigenvalue weighted by molar-refractivity contribution is 7.80. The molecule has 1 aliphatic rings. The Hall–Kier alpha value is -3.88. The molecule has 0 aliphatic carbocycles. The van der Waals surface area contributed by atoms with Gasteiger partial charge in [0.2, 0.25) is 5.91 Å². The van der Waals surface area contributed by atoms with Crippen molar-refractivity contribution in [3.8, 4) is 11.4 Å². The van der Waals surface area contributed by atoms with Gasteiger partial charge in [0.05, 0.1) is 30.6 Å². The number of rotatable bonds is 7. The Morgan fingerprint density at radius 1 is 1.10 bits per heavy atom. The molecule has 1 saturated heterocycles. The fourth-order valence-corrected chi connectivity index (χ4v) is 5.75. The number of carbonyl (C=O) groups is 1. The topological polar surface area (TPSA) is 71.4 Å². The molecule has 200 valence electrons.